The first-order valence-electron chi connectivity index (χ1n) is 10.5. The van der Waals surface area contributed by atoms with Crippen molar-refractivity contribution in [2.24, 2.45) is 0 Å². The number of ketones is 1. The van der Waals surface area contributed by atoms with Gasteiger partial charge in [-0.3, -0.25) is 4.79 Å². The molecule has 1 aliphatic heterocycles. The van der Waals surface area contributed by atoms with Crippen molar-refractivity contribution in [3.8, 4) is 0 Å². The highest BCUT2D eigenvalue weighted by Gasteiger charge is 2.34. The van der Waals surface area contributed by atoms with Crippen molar-refractivity contribution in [1.82, 2.24) is 4.31 Å². The van der Waals surface area contributed by atoms with E-state index in [1.807, 2.05) is 12.1 Å². The molecule has 0 spiro atoms. The fraction of sp³-hybridized carbons (Fsp3) is 0.240. The summed E-state index contributed by atoms with van der Waals surface area (Å²) < 4.78 is 27.8. The van der Waals surface area contributed by atoms with E-state index in [0.29, 0.717) is 18.7 Å². The monoisotopic (exact) mass is 435 g/mol. The summed E-state index contributed by atoms with van der Waals surface area (Å²) >= 11 is 0. The van der Waals surface area contributed by atoms with E-state index < -0.39 is 10.0 Å². The zero-order chi connectivity index (χ0) is 21.8. The largest absolute Gasteiger partial charge is 0.323 e. The van der Waals surface area contributed by atoms with Crippen molar-refractivity contribution < 1.29 is 18.1 Å². The molecule has 31 heavy (non-hydrogen) atoms. The lowest BCUT2D eigenvalue weighted by Gasteiger charge is -2.36. The van der Waals surface area contributed by atoms with Crippen LogP contribution < -0.4 is 4.90 Å². The number of hydrogen-bond acceptors (Lipinski definition) is 3. The maximum Gasteiger partial charge on any atom is 0.243 e. The second-order valence-corrected chi connectivity index (χ2v) is 9.84. The molecular weight excluding hydrogens is 408 g/mol. The van der Waals surface area contributed by atoms with Crippen LogP contribution in [-0.2, 0) is 10.0 Å². The van der Waals surface area contributed by atoms with Crippen molar-refractivity contribution in [3.63, 3.8) is 0 Å². The molecule has 0 radical (unpaired) electrons. The van der Waals surface area contributed by atoms with E-state index in [9.17, 15) is 13.2 Å². The minimum atomic E-state index is -3.57. The molecule has 0 aliphatic carbocycles. The van der Waals surface area contributed by atoms with Crippen LogP contribution in [0.25, 0.3) is 0 Å². The van der Waals surface area contributed by atoms with Crippen LogP contribution in [0.4, 0.5) is 0 Å². The van der Waals surface area contributed by atoms with Gasteiger partial charge in [0, 0.05) is 16.7 Å². The number of rotatable bonds is 6. The van der Waals surface area contributed by atoms with E-state index in [1.54, 1.807) is 16.4 Å². The molecule has 160 valence electrons. The molecule has 3 aromatic carbocycles. The third-order valence-corrected chi connectivity index (χ3v) is 7.85. The highest BCUT2D eigenvalue weighted by atomic mass is 32.2. The van der Waals surface area contributed by atoms with Crippen LogP contribution >= 0.6 is 0 Å². The molecule has 1 saturated heterocycles. The Morgan fingerprint density at radius 2 is 1.29 bits per heavy atom. The van der Waals surface area contributed by atoms with Gasteiger partial charge in [-0.05, 0) is 19.1 Å². The van der Waals surface area contributed by atoms with E-state index in [4.69, 9.17) is 0 Å². The summed E-state index contributed by atoms with van der Waals surface area (Å²) in [5.74, 6) is -0.0750. The molecule has 1 N–H and O–H groups in total. The summed E-state index contributed by atoms with van der Waals surface area (Å²) in [6, 6.07) is 27.2. The standard InChI is InChI=1S/C25H26N2O3S/c1-20(28)21-12-14-24(15-13-21)31(29,30)27-18-16-26(17-19-27)25(22-8-4-2-5-9-22)23-10-6-3-7-11-23/h2-15,25H,16-19H2,1H3/p+1. The van der Waals surface area contributed by atoms with Crippen LogP contribution in [0, 0.1) is 0 Å². The van der Waals surface area contributed by atoms with Crippen LogP contribution in [0.5, 0.6) is 0 Å². The normalized spacial score (nSPS) is 15.8. The van der Waals surface area contributed by atoms with Gasteiger partial charge in [-0.1, -0.05) is 72.8 Å². The van der Waals surface area contributed by atoms with Crippen molar-refractivity contribution in [2.45, 2.75) is 17.9 Å². The van der Waals surface area contributed by atoms with Crippen LogP contribution in [0.15, 0.2) is 89.8 Å². The summed E-state index contributed by atoms with van der Waals surface area (Å²) in [6.07, 6.45) is 0. The van der Waals surface area contributed by atoms with E-state index in [-0.39, 0.29) is 16.7 Å². The maximum atomic E-state index is 13.1. The number of Topliss-reactive ketones (excluding diaryl/α,β-unsaturated/α-hetero) is 1. The number of carbonyl (C=O) groups is 1. The number of nitrogens with zero attached hydrogens (tertiary/aromatic N) is 1. The van der Waals surface area contributed by atoms with Crippen LogP contribution in [0.1, 0.15) is 34.5 Å². The number of carbonyl (C=O) groups excluding carboxylic acids is 1. The van der Waals surface area contributed by atoms with Crippen LogP contribution in [-0.4, -0.2) is 44.7 Å². The number of quaternary nitrogens is 1. The molecule has 0 atom stereocenters. The van der Waals surface area contributed by atoms with E-state index >= 15 is 0 Å². The van der Waals surface area contributed by atoms with Crippen molar-refractivity contribution in [1.29, 1.82) is 0 Å². The van der Waals surface area contributed by atoms with Gasteiger partial charge in [-0.15, -0.1) is 0 Å². The molecule has 1 fully saturated rings. The predicted molar refractivity (Wildman–Crippen MR) is 121 cm³/mol. The Balaban J connectivity index is 1.53. The molecule has 0 saturated carbocycles. The molecular formula is C25H27N2O3S+. The first-order chi connectivity index (χ1) is 15.0. The summed E-state index contributed by atoms with van der Waals surface area (Å²) in [4.78, 5) is 13.1. The van der Waals surface area contributed by atoms with Crippen molar-refractivity contribution in [2.75, 3.05) is 26.2 Å². The summed E-state index contributed by atoms with van der Waals surface area (Å²) in [5, 5.41) is 0. The van der Waals surface area contributed by atoms with Gasteiger partial charge in [-0.25, -0.2) is 8.42 Å². The van der Waals surface area contributed by atoms with Gasteiger partial charge in [0.1, 0.15) is 6.04 Å². The average molecular weight is 436 g/mol. The Hall–Kier alpha value is -2.80. The van der Waals surface area contributed by atoms with E-state index in [2.05, 4.69) is 48.5 Å². The van der Waals surface area contributed by atoms with Gasteiger partial charge in [0.15, 0.2) is 5.78 Å². The summed E-state index contributed by atoms with van der Waals surface area (Å²) in [7, 11) is -3.57. The zero-order valence-electron chi connectivity index (χ0n) is 17.6. The number of benzene rings is 3. The molecule has 0 unspecified atom stereocenters. The molecule has 1 aliphatic rings. The lowest BCUT2D eigenvalue weighted by molar-refractivity contribution is -0.929. The quantitative estimate of drug-likeness (QED) is 0.606. The van der Waals surface area contributed by atoms with E-state index in [0.717, 1.165) is 13.1 Å². The molecule has 4 rings (SSSR count). The zero-order valence-corrected chi connectivity index (χ0v) is 18.4. The number of sulfonamides is 1. The summed E-state index contributed by atoms with van der Waals surface area (Å²) in [6.45, 7) is 3.84. The highest BCUT2D eigenvalue weighted by molar-refractivity contribution is 7.89. The number of piperazine rings is 1. The average Bonchev–Trinajstić information content (AvgIpc) is 2.81. The van der Waals surface area contributed by atoms with E-state index in [1.165, 1.54) is 35.1 Å². The smallest absolute Gasteiger partial charge is 0.243 e. The predicted octanol–water partition coefficient (Wildman–Crippen LogP) is 2.57. The molecule has 1 heterocycles. The number of nitrogens with one attached hydrogen (secondary N) is 1. The second kappa shape index (κ2) is 9.14. The van der Waals surface area contributed by atoms with Gasteiger partial charge in [0.2, 0.25) is 10.0 Å². The molecule has 6 heteroatoms. The van der Waals surface area contributed by atoms with Gasteiger partial charge < -0.3 is 4.90 Å². The number of hydrogen-bond donors (Lipinski definition) is 1. The molecule has 5 nitrogen and oxygen atoms in total. The fourth-order valence-electron chi connectivity index (χ4n) is 4.27. The van der Waals surface area contributed by atoms with Gasteiger partial charge in [0.25, 0.3) is 0 Å². The molecule has 0 aromatic heterocycles. The van der Waals surface area contributed by atoms with Crippen LogP contribution in [0.3, 0.4) is 0 Å². The van der Waals surface area contributed by atoms with Crippen molar-refractivity contribution in [3.05, 3.63) is 102 Å². The SMILES string of the molecule is CC(=O)c1ccc(S(=O)(=O)N2CC[NH+](C(c3ccccc3)c3ccccc3)CC2)cc1. The van der Waals surface area contributed by atoms with Crippen molar-refractivity contribution >= 4 is 15.8 Å². The minimum absolute atomic E-state index is 0.0750. The van der Waals surface area contributed by atoms with Gasteiger partial charge >= 0.3 is 0 Å². The Bertz CT molecular complexity index is 1080. The summed E-state index contributed by atoms with van der Waals surface area (Å²) in [5.41, 5.74) is 2.99. The van der Waals surface area contributed by atoms with Crippen LogP contribution in [0.2, 0.25) is 0 Å². The van der Waals surface area contributed by atoms with Gasteiger partial charge in [0.05, 0.1) is 31.1 Å². The first-order valence-corrected chi connectivity index (χ1v) is 12.0. The molecule has 3 aromatic rings. The lowest BCUT2D eigenvalue weighted by Crippen LogP contribution is -3.15. The van der Waals surface area contributed by atoms with Gasteiger partial charge in [-0.2, -0.15) is 4.31 Å². The highest BCUT2D eigenvalue weighted by Crippen LogP contribution is 2.21. The fourth-order valence-corrected chi connectivity index (χ4v) is 5.71. The molecule has 0 bridgehead atoms. The third kappa shape index (κ3) is 4.61. The Kier molecular flexibility index (Phi) is 6.32. The Morgan fingerprint density at radius 3 is 1.74 bits per heavy atom. The minimum Gasteiger partial charge on any atom is -0.323 e. The topological polar surface area (TPSA) is 58.9 Å². The first kappa shape index (κ1) is 21.4. The lowest BCUT2D eigenvalue weighted by atomic mass is 9.96. The molecule has 0 amide bonds. The second-order valence-electron chi connectivity index (χ2n) is 7.90. The Morgan fingerprint density at radius 1 is 0.806 bits per heavy atom. The Labute approximate surface area is 184 Å². The third-order valence-electron chi connectivity index (χ3n) is 5.94. The maximum absolute atomic E-state index is 13.1.